The van der Waals surface area contributed by atoms with Crippen molar-refractivity contribution in [3.8, 4) is 16.8 Å². The van der Waals surface area contributed by atoms with Crippen LogP contribution in [-0.4, -0.2) is 9.97 Å². The Morgan fingerprint density at radius 1 is 1.41 bits per heavy atom. The zero-order chi connectivity index (χ0) is 12.1. The molecule has 0 N–H and O–H groups in total. The van der Waals surface area contributed by atoms with Crippen LogP contribution in [0.4, 0.5) is 0 Å². The van der Waals surface area contributed by atoms with E-state index in [1.807, 2.05) is 18.2 Å². The predicted octanol–water partition coefficient (Wildman–Crippen LogP) is 3.22. The van der Waals surface area contributed by atoms with Crippen molar-refractivity contribution in [2.45, 2.75) is 26.2 Å². The van der Waals surface area contributed by atoms with E-state index >= 15 is 0 Å². The van der Waals surface area contributed by atoms with Gasteiger partial charge in [-0.3, -0.25) is 4.98 Å². The van der Waals surface area contributed by atoms with Gasteiger partial charge in [0.2, 0.25) is 0 Å². The molecule has 2 aromatic heterocycles. The van der Waals surface area contributed by atoms with Crippen LogP contribution in [0.15, 0.2) is 24.4 Å². The number of hydrogen-bond acceptors (Lipinski definition) is 4. The first-order valence-corrected chi connectivity index (χ1v) is 6.43. The Morgan fingerprint density at radius 3 is 2.94 bits per heavy atom. The zero-order valence-electron chi connectivity index (χ0n) is 9.68. The highest BCUT2D eigenvalue weighted by Crippen LogP contribution is 2.27. The highest BCUT2D eigenvalue weighted by Gasteiger charge is 2.12. The van der Waals surface area contributed by atoms with Gasteiger partial charge < -0.3 is 0 Å². The number of pyridine rings is 1. The molecule has 0 aliphatic heterocycles. The van der Waals surface area contributed by atoms with E-state index in [1.165, 1.54) is 0 Å². The van der Waals surface area contributed by atoms with Crippen molar-refractivity contribution in [3.05, 3.63) is 35.0 Å². The fourth-order valence-electron chi connectivity index (χ4n) is 1.62. The van der Waals surface area contributed by atoms with Crippen LogP contribution in [0.25, 0.3) is 10.7 Å². The summed E-state index contributed by atoms with van der Waals surface area (Å²) in [6, 6.07) is 7.99. The summed E-state index contributed by atoms with van der Waals surface area (Å²) in [4.78, 5) is 9.96. The number of aryl methyl sites for hydroxylation is 1. The number of aromatic nitrogens is 2. The van der Waals surface area contributed by atoms with E-state index in [2.05, 4.69) is 23.0 Å². The van der Waals surface area contributed by atoms with Gasteiger partial charge in [0.05, 0.1) is 23.9 Å². The molecule has 2 heterocycles. The average Bonchev–Trinajstić information content (AvgIpc) is 2.75. The normalized spacial score (nSPS) is 10.1. The molecule has 0 aliphatic carbocycles. The van der Waals surface area contributed by atoms with Crippen molar-refractivity contribution in [3.63, 3.8) is 0 Å². The molecule has 0 saturated carbocycles. The summed E-state index contributed by atoms with van der Waals surface area (Å²) in [5.41, 5.74) is 1.94. The van der Waals surface area contributed by atoms with Crippen LogP contribution in [0.2, 0.25) is 0 Å². The molecule has 86 valence electrons. The molecule has 4 heteroatoms. The molecule has 2 rings (SSSR count). The standard InChI is InChI=1S/C13H13N3S/c1-2-5-10-12(7-8-14)17-13(16-10)11-6-3-4-9-15-11/h3-4,6,9H,2,5,7H2,1H3. The van der Waals surface area contributed by atoms with Crippen LogP contribution in [0.1, 0.15) is 23.9 Å². The summed E-state index contributed by atoms with van der Waals surface area (Å²) in [5, 5.41) is 9.72. The molecule has 0 bridgehead atoms. The third kappa shape index (κ3) is 2.69. The lowest BCUT2D eigenvalue weighted by Gasteiger charge is -1.94. The van der Waals surface area contributed by atoms with Crippen LogP contribution in [0, 0.1) is 11.3 Å². The Balaban J connectivity index is 2.37. The molecule has 2 aromatic rings. The Kier molecular flexibility index (Phi) is 3.84. The maximum Gasteiger partial charge on any atom is 0.142 e. The summed E-state index contributed by atoms with van der Waals surface area (Å²) in [5.74, 6) is 0. The van der Waals surface area contributed by atoms with Gasteiger partial charge in [0.15, 0.2) is 0 Å². The van der Waals surface area contributed by atoms with Gasteiger partial charge in [0.25, 0.3) is 0 Å². The minimum Gasteiger partial charge on any atom is -0.254 e. The first-order valence-electron chi connectivity index (χ1n) is 5.62. The van der Waals surface area contributed by atoms with Crippen LogP contribution in [-0.2, 0) is 12.8 Å². The summed E-state index contributed by atoms with van der Waals surface area (Å²) in [6.07, 6.45) is 4.18. The van der Waals surface area contributed by atoms with Gasteiger partial charge in [0.1, 0.15) is 5.01 Å². The van der Waals surface area contributed by atoms with Gasteiger partial charge in [-0.1, -0.05) is 19.4 Å². The second-order valence-electron chi connectivity index (χ2n) is 3.69. The number of thiazole rings is 1. The summed E-state index contributed by atoms with van der Waals surface area (Å²) in [7, 11) is 0. The smallest absolute Gasteiger partial charge is 0.142 e. The molecule has 0 spiro atoms. The fraction of sp³-hybridized carbons (Fsp3) is 0.308. The predicted molar refractivity (Wildman–Crippen MR) is 68.7 cm³/mol. The lowest BCUT2D eigenvalue weighted by molar-refractivity contribution is 0.881. The van der Waals surface area contributed by atoms with Gasteiger partial charge in [-0.25, -0.2) is 4.98 Å². The maximum atomic E-state index is 8.81. The van der Waals surface area contributed by atoms with Crippen LogP contribution < -0.4 is 0 Å². The third-order valence-corrected chi connectivity index (χ3v) is 3.51. The van der Waals surface area contributed by atoms with Gasteiger partial charge in [-0.15, -0.1) is 11.3 Å². The first-order chi connectivity index (χ1) is 8.35. The fourth-order valence-corrected chi connectivity index (χ4v) is 2.64. The van der Waals surface area contributed by atoms with E-state index in [-0.39, 0.29) is 0 Å². The molecule has 3 nitrogen and oxygen atoms in total. The number of rotatable bonds is 4. The van der Waals surface area contributed by atoms with Gasteiger partial charge in [-0.2, -0.15) is 5.26 Å². The average molecular weight is 243 g/mol. The molecule has 0 unspecified atom stereocenters. The van der Waals surface area contributed by atoms with Gasteiger partial charge in [0, 0.05) is 11.1 Å². The Morgan fingerprint density at radius 2 is 2.29 bits per heavy atom. The second-order valence-corrected chi connectivity index (χ2v) is 4.77. The highest BCUT2D eigenvalue weighted by molar-refractivity contribution is 7.15. The first kappa shape index (κ1) is 11.7. The van der Waals surface area contributed by atoms with Crippen molar-refractivity contribution in [1.82, 2.24) is 9.97 Å². The lowest BCUT2D eigenvalue weighted by atomic mass is 10.2. The van der Waals surface area contributed by atoms with Crippen molar-refractivity contribution in [1.29, 1.82) is 5.26 Å². The number of nitrogens with zero attached hydrogens (tertiary/aromatic N) is 3. The molecular weight excluding hydrogens is 230 g/mol. The molecule has 0 atom stereocenters. The van der Waals surface area contributed by atoms with E-state index in [4.69, 9.17) is 5.26 Å². The van der Waals surface area contributed by atoms with Crippen LogP contribution in [0.3, 0.4) is 0 Å². The monoisotopic (exact) mass is 243 g/mol. The van der Waals surface area contributed by atoms with Crippen molar-refractivity contribution in [2.75, 3.05) is 0 Å². The largest absolute Gasteiger partial charge is 0.254 e. The maximum absolute atomic E-state index is 8.81. The Bertz CT molecular complexity index is 525. The zero-order valence-corrected chi connectivity index (χ0v) is 10.5. The van der Waals surface area contributed by atoms with E-state index in [0.29, 0.717) is 6.42 Å². The molecule has 0 saturated heterocycles. The minimum absolute atomic E-state index is 0.444. The van der Waals surface area contributed by atoms with Crippen molar-refractivity contribution < 1.29 is 0 Å². The second kappa shape index (κ2) is 5.55. The molecule has 0 amide bonds. The van der Waals surface area contributed by atoms with Gasteiger partial charge >= 0.3 is 0 Å². The Labute approximate surface area is 105 Å². The SMILES string of the molecule is CCCc1nc(-c2ccccn2)sc1CC#N. The summed E-state index contributed by atoms with van der Waals surface area (Å²) >= 11 is 1.58. The van der Waals surface area contributed by atoms with Crippen LogP contribution >= 0.6 is 11.3 Å². The summed E-state index contributed by atoms with van der Waals surface area (Å²) in [6.45, 7) is 2.12. The number of nitriles is 1. The molecule has 0 radical (unpaired) electrons. The molecule has 0 aromatic carbocycles. The summed E-state index contributed by atoms with van der Waals surface area (Å²) < 4.78 is 0. The third-order valence-electron chi connectivity index (χ3n) is 2.39. The van der Waals surface area contributed by atoms with Crippen molar-refractivity contribution >= 4 is 11.3 Å². The van der Waals surface area contributed by atoms with E-state index in [9.17, 15) is 0 Å². The Hall–Kier alpha value is -1.73. The highest BCUT2D eigenvalue weighted by atomic mass is 32.1. The van der Waals surface area contributed by atoms with E-state index < -0.39 is 0 Å². The molecular formula is C13H13N3S. The van der Waals surface area contributed by atoms with E-state index in [0.717, 1.165) is 34.1 Å². The van der Waals surface area contributed by atoms with Gasteiger partial charge in [-0.05, 0) is 18.6 Å². The number of hydrogen-bond donors (Lipinski definition) is 0. The molecule has 0 aliphatic rings. The van der Waals surface area contributed by atoms with Crippen molar-refractivity contribution in [2.24, 2.45) is 0 Å². The topological polar surface area (TPSA) is 49.6 Å². The van der Waals surface area contributed by atoms with Crippen LogP contribution in [0.5, 0.6) is 0 Å². The minimum atomic E-state index is 0.444. The molecule has 0 fully saturated rings. The lowest BCUT2D eigenvalue weighted by Crippen LogP contribution is -1.89. The quantitative estimate of drug-likeness (QED) is 0.828. The molecule has 17 heavy (non-hydrogen) atoms. The van der Waals surface area contributed by atoms with E-state index in [1.54, 1.807) is 17.5 Å².